The van der Waals surface area contributed by atoms with Crippen molar-refractivity contribution in [2.45, 2.75) is 25.2 Å². The number of carbonyl (C=O) groups excluding carboxylic acids is 1. The van der Waals surface area contributed by atoms with Crippen LogP contribution in [0.3, 0.4) is 0 Å². The fourth-order valence-electron chi connectivity index (χ4n) is 2.01. The van der Waals surface area contributed by atoms with E-state index in [0.717, 1.165) is 18.4 Å². The number of aryl methyl sites for hydroxylation is 1. The molecular weight excluding hydrogens is 176 g/mol. The number of rotatable bonds is 2. The summed E-state index contributed by atoms with van der Waals surface area (Å²) < 4.78 is 4.85. The minimum Gasteiger partial charge on any atom is -0.468 e. The lowest BCUT2D eigenvalue weighted by atomic mass is 9.92. The Morgan fingerprint density at radius 1 is 1.36 bits per heavy atom. The fourth-order valence-corrected chi connectivity index (χ4v) is 2.01. The second-order valence-electron chi connectivity index (χ2n) is 3.89. The Bertz CT molecular complexity index is 364. The number of ether oxygens (including phenoxy) is 1. The van der Waals surface area contributed by atoms with Crippen LogP contribution in [0, 0.1) is 6.92 Å². The summed E-state index contributed by atoms with van der Waals surface area (Å²) in [4.78, 5) is 11.6. The molecule has 2 heteroatoms. The van der Waals surface area contributed by atoms with Crippen molar-refractivity contribution in [3.05, 3.63) is 35.4 Å². The van der Waals surface area contributed by atoms with E-state index in [1.54, 1.807) is 0 Å². The van der Waals surface area contributed by atoms with Crippen LogP contribution in [0.4, 0.5) is 0 Å². The molecule has 74 valence electrons. The van der Waals surface area contributed by atoms with Gasteiger partial charge in [0.1, 0.15) is 0 Å². The third-order valence-electron chi connectivity index (χ3n) is 2.99. The Kier molecular flexibility index (Phi) is 2.06. The molecule has 1 saturated carbocycles. The summed E-state index contributed by atoms with van der Waals surface area (Å²) in [6.45, 7) is 2.04. The zero-order valence-corrected chi connectivity index (χ0v) is 8.54. The Morgan fingerprint density at radius 2 is 2.00 bits per heavy atom. The highest BCUT2D eigenvalue weighted by molar-refractivity contribution is 5.87. The Balaban J connectivity index is 2.40. The lowest BCUT2D eigenvalue weighted by Crippen LogP contribution is -2.22. The minimum absolute atomic E-state index is 0.0909. The van der Waals surface area contributed by atoms with Crippen molar-refractivity contribution in [3.63, 3.8) is 0 Å². The van der Waals surface area contributed by atoms with E-state index >= 15 is 0 Å². The first-order valence-corrected chi connectivity index (χ1v) is 4.85. The topological polar surface area (TPSA) is 26.3 Å². The standard InChI is InChI=1S/C12H14O2/c1-9-5-3-4-6-10(9)12(7-8-12)11(13)14-2/h3-6H,7-8H2,1-2H3. The number of hydrogen-bond acceptors (Lipinski definition) is 2. The van der Waals surface area contributed by atoms with Gasteiger partial charge in [0.15, 0.2) is 0 Å². The van der Waals surface area contributed by atoms with Crippen molar-refractivity contribution in [3.8, 4) is 0 Å². The highest BCUT2D eigenvalue weighted by atomic mass is 16.5. The second-order valence-corrected chi connectivity index (χ2v) is 3.89. The SMILES string of the molecule is COC(=O)C1(c2ccccc2C)CC1. The predicted molar refractivity (Wildman–Crippen MR) is 54.1 cm³/mol. The molecule has 0 radical (unpaired) electrons. The predicted octanol–water partition coefficient (Wildman–Crippen LogP) is 2.20. The lowest BCUT2D eigenvalue weighted by Gasteiger charge is -2.15. The molecule has 0 bridgehead atoms. The van der Waals surface area contributed by atoms with E-state index in [0.29, 0.717) is 0 Å². The normalized spacial score (nSPS) is 17.6. The van der Waals surface area contributed by atoms with Crippen LogP contribution in [-0.2, 0) is 14.9 Å². The molecule has 2 nitrogen and oxygen atoms in total. The average molecular weight is 190 g/mol. The summed E-state index contributed by atoms with van der Waals surface area (Å²) in [5.74, 6) is -0.0909. The number of benzene rings is 1. The van der Waals surface area contributed by atoms with E-state index in [-0.39, 0.29) is 11.4 Å². The maximum atomic E-state index is 11.6. The fraction of sp³-hybridized carbons (Fsp3) is 0.417. The van der Waals surface area contributed by atoms with Gasteiger partial charge in [0.25, 0.3) is 0 Å². The van der Waals surface area contributed by atoms with Gasteiger partial charge in [0.05, 0.1) is 12.5 Å². The zero-order valence-electron chi connectivity index (χ0n) is 8.54. The van der Waals surface area contributed by atoms with Crippen LogP contribution in [-0.4, -0.2) is 13.1 Å². The van der Waals surface area contributed by atoms with Crippen LogP contribution in [0.25, 0.3) is 0 Å². The molecule has 0 unspecified atom stereocenters. The van der Waals surface area contributed by atoms with Crippen molar-refractivity contribution in [1.29, 1.82) is 0 Å². The summed E-state index contributed by atoms with van der Waals surface area (Å²) >= 11 is 0. The summed E-state index contributed by atoms with van der Waals surface area (Å²) in [6.07, 6.45) is 1.84. The number of methoxy groups -OCH3 is 1. The van der Waals surface area contributed by atoms with Gasteiger partial charge < -0.3 is 4.74 Å². The second kappa shape index (κ2) is 3.12. The van der Waals surface area contributed by atoms with Crippen molar-refractivity contribution in [2.75, 3.05) is 7.11 Å². The van der Waals surface area contributed by atoms with Gasteiger partial charge in [0, 0.05) is 0 Å². The molecule has 0 spiro atoms. The molecule has 14 heavy (non-hydrogen) atoms. The van der Waals surface area contributed by atoms with Gasteiger partial charge >= 0.3 is 5.97 Å². The molecule has 1 aliphatic rings. The Hall–Kier alpha value is -1.31. The minimum atomic E-state index is -0.319. The first-order valence-electron chi connectivity index (χ1n) is 4.85. The molecule has 1 fully saturated rings. The number of carbonyl (C=O) groups is 1. The van der Waals surface area contributed by atoms with Crippen LogP contribution >= 0.6 is 0 Å². The molecule has 0 saturated heterocycles. The van der Waals surface area contributed by atoms with Crippen molar-refractivity contribution in [1.82, 2.24) is 0 Å². The van der Waals surface area contributed by atoms with E-state index in [9.17, 15) is 4.79 Å². The molecule has 2 rings (SSSR count). The highest BCUT2D eigenvalue weighted by Crippen LogP contribution is 2.50. The molecule has 0 aromatic heterocycles. The maximum Gasteiger partial charge on any atom is 0.316 e. The van der Waals surface area contributed by atoms with Crippen molar-refractivity contribution >= 4 is 5.97 Å². The lowest BCUT2D eigenvalue weighted by molar-refractivity contribution is -0.143. The van der Waals surface area contributed by atoms with Crippen LogP contribution in [0.15, 0.2) is 24.3 Å². The smallest absolute Gasteiger partial charge is 0.316 e. The Morgan fingerprint density at radius 3 is 2.50 bits per heavy atom. The summed E-state index contributed by atoms with van der Waals surface area (Å²) in [6, 6.07) is 8.04. The van der Waals surface area contributed by atoms with Crippen LogP contribution in [0.5, 0.6) is 0 Å². The molecule has 0 N–H and O–H groups in total. The molecule has 1 aromatic carbocycles. The molecule has 1 aliphatic carbocycles. The van der Waals surface area contributed by atoms with E-state index < -0.39 is 0 Å². The molecular formula is C12H14O2. The van der Waals surface area contributed by atoms with Gasteiger partial charge in [-0.3, -0.25) is 4.79 Å². The number of hydrogen-bond donors (Lipinski definition) is 0. The first-order chi connectivity index (χ1) is 6.70. The molecule has 1 aromatic rings. The summed E-state index contributed by atoms with van der Waals surface area (Å²) in [7, 11) is 1.46. The van der Waals surface area contributed by atoms with Gasteiger partial charge in [-0.15, -0.1) is 0 Å². The van der Waals surface area contributed by atoms with Gasteiger partial charge in [-0.1, -0.05) is 24.3 Å². The summed E-state index contributed by atoms with van der Waals surface area (Å²) in [5, 5.41) is 0. The van der Waals surface area contributed by atoms with Crippen molar-refractivity contribution in [2.24, 2.45) is 0 Å². The third kappa shape index (κ3) is 1.22. The molecule has 0 amide bonds. The van der Waals surface area contributed by atoms with E-state index in [1.165, 1.54) is 12.7 Å². The van der Waals surface area contributed by atoms with E-state index in [1.807, 2.05) is 31.2 Å². The largest absolute Gasteiger partial charge is 0.468 e. The van der Waals surface area contributed by atoms with Crippen LogP contribution in [0.2, 0.25) is 0 Å². The third-order valence-corrected chi connectivity index (χ3v) is 2.99. The van der Waals surface area contributed by atoms with Gasteiger partial charge in [-0.2, -0.15) is 0 Å². The zero-order chi connectivity index (χ0) is 10.2. The monoisotopic (exact) mass is 190 g/mol. The van der Waals surface area contributed by atoms with Gasteiger partial charge in [-0.05, 0) is 30.9 Å². The van der Waals surface area contributed by atoms with Gasteiger partial charge in [-0.25, -0.2) is 0 Å². The van der Waals surface area contributed by atoms with Crippen LogP contribution in [0.1, 0.15) is 24.0 Å². The molecule has 0 heterocycles. The maximum absolute atomic E-state index is 11.6. The first kappa shape index (κ1) is 9.25. The van der Waals surface area contributed by atoms with Crippen LogP contribution < -0.4 is 0 Å². The Labute approximate surface area is 83.9 Å². The van der Waals surface area contributed by atoms with Gasteiger partial charge in [0.2, 0.25) is 0 Å². The molecule has 0 aliphatic heterocycles. The average Bonchev–Trinajstić information content (AvgIpc) is 2.98. The van der Waals surface area contributed by atoms with E-state index in [4.69, 9.17) is 4.74 Å². The highest BCUT2D eigenvalue weighted by Gasteiger charge is 2.53. The summed E-state index contributed by atoms with van der Waals surface area (Å²) in [5.41, 5.74) is 1.99. The van der Waals surface area contributed by atoms with E-state index in [2.05, 4.69) is 0 Å². The van der Waals surface area contributed by atoms with Crippen molar-refractivity contribution < 1.29 is 9.53 Å². The quantitative estimate of drug-likeness (QED) is 0.668. The number of esters is 1. The molecule has 0 atom stereocenters.